The lowest BCUT2D eigenvalue weighted by molar-refractivity contribution is -0.384. The first-order valence-electron chi connectivity index (χ1n) is 10.6. The van der Waals surface area contributed by atoms with E-state index in [1.165, 1.54) is 11.6 Å². The van der Waals surface area contributed by atoms with E-state index >= 15 is 0 Å². The zero-order valence-electron chi connectivity index (χ0n) is 17.9. The Morgan fingerprint density at radius 3 is 2.45 bits per heavy atom. The number of rotatable bonds is 6. The standard InChI is InChI=1S/C23H28N4O3S/c1-3-16(2)17-7-10-19(11-8-17)24-23(31)25-22(28)18-9-12-20(21(15-18)27(29)30)26-13-5-4-6-14-26/h7-12,15-16H,3-6,13-14H2,1-2H3,(H2,24,25,28,31)/t16-/m0/s1. The van der Waals surface area contributed by atoms with Crippen LogP contribution < -0.4 is 15.5 Å². The van der Waals surface area contributed by atoms with Crippen LogP contribution in [0, 0.1) is 10.1 Å². The van der Waals surface area contributed by atoms with Gasteiger partial charge in [0.1, 0.15) is 5.69 Å². The zero-order chi connectivity index (χ0) is 22.4. The van der Waals surface area contributed by atoms with Gasteiger partial charge in [0.15, 0.2) is 5.11 Å². The van der Waals surface area contributed by atoms with E-state index in [1.54, 1.807) is 12.1 Å². The number of nitro groups is 1. The van der Waals surface area contributed by atoms with E-state index in [-0.39, 0.29) is 16.4 Å². The predicted molar refractivity (Wildman–Crippen MR) is 128 cm³/mol. The second kappa shape index (κ2) is 10.3. The lowest BCUT2D eigenvalue weighted by Gasteiger charge is -2.28. The highest BCUT2D eigenvalue weighted by molar-refractivity contribution is 7.80. The molecule has 0 saturated carbocycles. The molecule has 1 aliphatic heterocycles. The lowest BCUT2D eigenvalue weighted by Crippen LogP contribution is -2.34. The van der Waals surface area contributed by atoms with Gasteiger partial charge in [-0.3, -0.25) is 20.2 Å². The van der Waals surface area contributed by atoms with E-state index < -0.39 is 10.8 Å². The van der Waals surface area contributed by atoms with E-state index in [0.717, 1.165) is 44.5 Å². The number of carbonyl (C=O) groups excluding carboxylic acids is 1. The van der Waals surface area contributed by atoms with Crippen LogP contribution in [0.25, 0.3) is 0 Å². The maximum atomic E-state index is 12.6. The third-order valence-electron chi connectivity index (χ3n) is 5.71. The smallest absolute Gasteiger partial charge is 0.293 e. The van der Waals surface area contributed by atoms with Crippen LogP contribution in [0.4, 0.5) is 17.1 Å². The monoisotopic (exact) mass is 440 g/mol. The van der Waals surface area contributed by atoms with Crippen molar-refractivity contribution >= 4 is 40.3 Å². The van der Waals surface area contributed by atoms with Gasteiger partial charge in [-0.1, -0.05) is 26.0 Å². The van der Waals surface area contributed by atoms with Gasteiger partial charge in [0.05, 0.1) is 4.92 Å². The Labute approximate surface area is 188 Å². The summed E-state index contributed by atoms with van der Waals surface area (Å²) in [7, 11) is 0. The molecule has 1 amide bonds. The fourth-order valence-corrected chi connectivity index (χ4v) is 3.89. The molecule has 0 aromatic heterocycles. The van der Waals surface area contributed by atoms with Crippen molar-refractivity contribution in [3.63, 3.8) is 0 Å². The molecule has 7 nitrogen and oxygen atoms in total. The predicted octanol–water partition coefficient (Wildman–Crippen LogP) is 5.23. The van der Waals surface area contributed by atoms with Crippen LogP contribution in [0.3, 0.4) is 0 Å². The van der Waals surface area contributed by atoms with Crippen molar-refractivity contribution in [2.45, 2.75) is 45.4 Å². The SMILES string of the molecule is CC[C@H](C)c1ccc(NC(=S)NC(=O)c2ccc(N3CCCCC3)c([N+](=O)[O-])c2)cc1. The van der Waals surface area contributed by atoms with Gasteiger partial charge in [-0.2, -0.15) is 0 Å². The first-order valence-corrected chi connectivity index (χ1v) is 11.1. The summed E-state index contributed by atoms with van der Waals surface area (Å²) in [5.74, 6) is -0.00794. The zero-order valence-corrected chi connectivity index (χ0v) is 18.7. The molecule has 0 bridgehead atoms. The minimum Gasteiger partial charge on any atom is -0.366 e. The van der Waals surface area contributed by atoms with Gasteiger partial charge in [0, 0.05) is 30.4 Å². The molecule has 2 N–H and O–H groups in total. The summed E-state index contributed by atoms with van der Waals surface area (Å²) in [6.45, 7) is 5.89. The van der Waals surface area contributed by atoms with Gasteiger partial charge in [-0.15, -0.1) is 0 Å². The van der Waals surface area contributed by atoms with E-state index in [2.05, 4.69) is 24.5 Å². The maximum absolute atomic E-state index is 12.6. The molecule has 0 aliphatic carbocycles. The van der Waals surface area contributed by atoms with Gasteiger partial charge in [0.25, 0.3) is 11.6 Å². The molecule has 1 saturated heterocycles. The van der Waals surface area contributed by atoms with Crippen LogP contribution in [-0.2, 0) is 0 Å². The molecule has 1 atom stereocenters. The summed E-state index contributed by atoms with van der Waals surface area (Å²) in [6.07, 6.45) is 4.22. The summed E-state index contributed by atoms with van der Waals surface area (Å²) in [4.78, 5) is 25.8. The Morgan fingerprint density at radius 2 is 1.84 bits per heavy atom. The Bertz CT molecular complexity index is 956. The summed E-state index contributed by atoms with van der Waals surface area (Å²) < 4.78 is 0. The van der Waals surface area contributed by atoms with Crippen molar-refractivity contribution in [1.82, 2.24) is 5.32 Å². The average Bonchev–Trinajstić information content (AvgIpc) is 2.79. The number of nitrogens with one attached hydrogen (secondary N) is 2. The van der Waals surface area contributed by atoms with E-state index in [0.29, 0.717) is 11.6 Å². The fraction of sp³-hybridized carbons (Fsp3) is 0.391. The number of carbonyl (C=O) groups is 1. The van der Waals surface area contributed by atoms with E-state index in [4.69, 9.17) is 12.2 Å². The molecule has 1 heterocycles. The van der Waals surface area contributed by atoms with Gasteiger partial charge < -0.3 is 10.2 Å². The van der Waals surface area contributed by atoms with Crippen LogP contribution in [0.1, 0.15) is 61.4 Å². The van der Waals surface area contributed by atoms with Gasteiger partial charge >= 0.3 is 0 Å². The number of piperidine rings is 1. The number of thiocarbonyl (C=S) groups is 1. The Kier molecular flexibility index (Phi) is 7.57. The number of nitrogens with zero attached hydrogens (tertiary/aromatic N) is 2. The van der Waals surface area contributed by atoms with E-state index in [9.17, 15) is 14.9 Å². The largest absolute Gasteiger partial charge is 0.366 e. The van der Waals surface area contributed by atoms with Gasteiger partial charge in [-0.05, 0) is 73.6 Å². The van der Waals surface area contributed by atoms with Crippen LogP contribution in [-0.4, -0.2) is 29.0 Å². The molecule has 0 radical (unpaired) electrons. The Hall–Kier alpha value is -3.00. The Balaban J connectivity index is 1.67. The van der Waals surface area contributed by atoms with Gasteiger partial charge in [-0.25, -0.2) is 0 Å². The topological polar surface area (TPSA) is 87.5 Å². The summed E-state index contributed by atoms with van der Waals surface area (Å²) in [5.41, 5.74) is 2.70. The number of hydrogen-bond acceptors (Lipinski definition) is 5. The van der Waals surface area contributed by atoms with Crippen LogP contribution in [0.15, 0.2) is 42.5 Å². The summed E-state index contributed by atoms with van der Waals surface area (Å²) >= 11 is 5.25. The minimum atomic E-state index is -0.484. The molecular formula is C23H28N4O3S. The summed E-state index contributed by atoms with van der Waals surface area (Å²) in [6, 6.07) is 12.5. The first kappa shape index (κ1) is 22.7. The molecule has 31 heavy (non-hydrogen) atoms. The normalized spacial score (nSPS) is 14.6. The van der Waals surface area contributed by atoms with Crippen molar-refractivity contribution in [3.8, 4) is 0 Å². The molecule has 3 rings (SSSR count). The van der Waals surface area contributed by atoms with Crippen molar-refractivity contribution < 1.29 is 9.72 Å². The molecule has 8 heteroatoms. The molecule has 0 spiro atoms. The number of hydrogen-bond donors (Lipinski definition) is 2. The van der Waals surface area contributed by atoms with Crippen molar-refractivity contribution in [3.05, 3.63) is 63.7 Å². The highest BCUT2D eigenvalue weighted by atomic mass is 32.1. The molecular weight excluding hydrogens is 412 g/mol. The maximum Gasteiger partial charge on any atom is 0.293 e. The van der Waals surface area contributed by atoms with Crippen molar-refractivity contribution in [2.24, 2.45) is 0 Å². The van der Waals surface area contributed by atoms with Crippen LogP contribution >= 0.6 is 12.2 Å². The molecule has 2 aromatic carbocycles. The molecule has 164 valence electrons. The molecule has 0 unspecified atom stereocenters. The van der Waals surface area contributed by atoms with Crippen LogP contribution in [0.5, 0.6) is 0 Å². The first-order chi connectivity index (χ1) is 14.9. The van der Waals surface area contributed by atoms with E-state index in [1.807, 2.05) is 29.2 Å². The fourth-order valence-electron chi connectivity index (χ4n) is 3.68. The number of benzene rings is 2. The molecule has 2 aromatic rings. The lowest BCUT2D eigenvalue weighted by atomic mass is 9.99. The molecule has 1 fully saturated rings. The number of anilines is 2. The summed E-state index contributed by atoms with van der Waals surface area (Å²) in [5, 5.41) is 17.3. The highest BCUT2D eigenvalue weighted by Gasteiger charge is 2.23. The second-order valence-electron chi connectivity index (χ2n) is 7.85. The third-order valence-corrected chi connectivity index (χ3v) is 5.91. The molecule has 1 aliphatic rings. The Morgan fingerprint density at radius 1 is 1.16 bits per heavy atom. The van der Waals surface area contributed by atoms with Crippen molar-refractivity contribution in [2.75, 3.05) is 23.3 Å². The number of nitro benzene ring substituents is 1. The second-order valence-corrected chi connectivity index (χ2v) is 8.26. The van der Waals surface area contributed by atoms with Gasteiger partial charge in [0.2, 0.25) is 0 Å². The van der Waals surface area contributed by atoms with Crippen LogP contribution in [0.2, 0.25) is 0 Å². The minimum absolute atomic E-state index is 0.0611. The third kappa shape index (κ3) is 5.79. The van der Waals surface area contributed by atoms with Crippen molar-refractivity contribution in [1.29, 1.82) is 0 Å². The average molecular weight is 441 g/mol. The number of amides is 1. The quantitative estimate of drug-likeness (QED) is 0.364. The highest BCUT2D eigenvalue weighted by Crippen LogP contribution is 2.31.